The lowest BCUT2D eigenvalue weighted by atomic mass is 9.94. The monoisotopic (exact) mass is 378 g/mol. The fraction of sp³-hybridized carbons (Fsp3) is 0.412. The molecule has 1 heterocycles. The molecule has 2 rings (SSSR count). The van der Waals surface area contributed by atoms with Crippen LogP contribution in [0.5, 0.6) is 11.5 Å². The van der Waals surface area contributed by atoms with Gasteiger partial charge in [0.1, 0.15) is 5.75 Å². The van der Waals surface area contributed by atoms with Crippen LogP contribution in [-0.2, 0) is 9.53 Å². The summed E-state index contributed by atoms with van der Waals surface area (Å²) in [7, 11) is 0. The van der Waals surface area contributed by atoms with Gasteiger partial charge in [0.25, 0.3) is 5.69 Å². The van der Waals surface area contributed by atoms with Crippen molar-refractivity contribution < 1.29 is 29.1 Å². The van der Waals surface area contributed by atoms with Crippen LogP contribution in [0.1, 0.15) is 38.8 Å². The van der Waals surface area contributed by atoms with E-state index in [2.05, 4.69) is 10.6 Å². The van der Waals surface area contributed by atoms with Gasteiger partial charge < -0.3 is 25.2 Å². The molecule has 2 N–H and O–H groups in total. The van der Waals surface area contributed by atoms with Gasteiger partial charge in [0.05, 0.1) is 29.8 Å². The second kappa shape index (κ2) is 8.39. The normalized spacial score (nSPS) is 16.4. The molecule has 10 nitrogen and oxygen atoms in total. The molecule has 0 aromatic heterocycles. The van der Waals surface area contributed by atoms with Crippen LogP contribution in [-0.4, -0.2) is 30.1 Å². The third-order valence-corrected chi connectivity index (χ3v) is 3.81. The highest BCUT2D eigenvalue weighted by molar-refractivity contribution is 5.95. The molecule has 0 fully saturated rings. The largest absolute Gasteiger partial charge is 0.865 e. The Morgan fingerprint density at radius 3 is 2.63 bits per heavy atom. The molecule has 0 radical (unpaired) electrons. The Balaban J connectivity index is 2.58. The molecule has 2 amide bonds. The molecule has 0 bridgehead atoms. The van der Waals surface area contributed by atoms with Gasteiger partial charge in [0, 0.05) is 17.5 Å². The molecular weight excluding hydrogens is 358 g/mol. The van der Waals surface area contributed by atoms with E-state index in [1.165, 1.54) is 13.0 Å². The van der Waals surface area contributed by atoms with Crippen LogP contribution >= 0.6 is 0 Å². The summed E-state index contributed by atoms with van der Waals surface area (Å²) < 4.78 is 10.3. The highest BCUT2D eigenvalue weighted by atomic mass is 16.6. The summed E-state index contributed by atoms with van der Waals surface area (Å²) in [4.78, 5) is 34.8. The lowest BCUT2D eigenvalue weighted by molar-refractivity contribution is -0.398. The average Bonchev–Trinajstić information content (AvgIpc) is 2.60. The van der Waals surface area contributed by atoms with E-state index in [9.17, 15) is 24.8 Å². The van der Waals surface area contributed by atoms with E-state index in [1.54, 1.807) is 6.92 Å². The summed E-state index contributed by atoms with van der Waals surface area (Å²) in [6, 6.07) is 0.703. The lowest BCUT2D eigenvalue weighted by Gasteiger charge is -2.29. The van der Waals surface area contributed by atoms with Gasteiger partial charge in [-0.05, 0) is 31.9 Å². The van der Waals surface area contributed by atoms with E-state index in [1.807, 2.05) is 6.92 Å². The van der Waals surface area contributed by atoms with E-state index in [4.69, 9.17) is 9.47 Å². The van der Waals surface area contributed by atoms with Crippen LogP contribution in [0.2, 0.25) is 0 Å². The number of carbonyl (C=O) groups is 2. The van der Waals surface area contributed by atoms with Gasteiger partial charge in [-0.1, -0.05) is 6.92 Å². The van der Waals surface area contributed by atoms with Crippen molar-refractivity contribution in [3.8, 4) is 11.5 Å². The van der Waals surface area contributed by atoms with E-state index in [0.717, 1.165) is 6.07 Å². The summed E-state index contributed by atoms with van der Waals surface area (Å²) >= 11 is 0. The average molecular weight is 378 g/mol. The number of nitro benzene ring substituents is 1. The van der Waals surface area contributed by atoms with Crippen molar-refractivity contribution in [3.05, 3.63) is 39.1 Å². The Hall–Kier alpha value is -3.30. The number of amides is 2. The first kappa shape index (κ1) is 20.0. The number of nitrogens with one attached hydrogen (secondary N) is 2. The maximum absolute atomic E-state index is 12.5. The van der Waals surface area contributed by atoms with Gasteiger partial charge in [-0.3, -0.25) is 10.1 Å². The molecule has 1 aromatic carbocycles. The molecule has 0 unspecified atom stereocenters. The van der Waals surface area contributed by atoms with Crippen LogP contribution in [0.4, 0.5) is 10.5 Å². The van der Waals surface area contributed by atoms with Crippen LogP contribution in [0, 0.1) is 10.1 Å². The summed E-state index contributed by atoms with van der Waals surface area (Å²) in [6.45, 7) is 5.28. The summed E-state index contributed by atoms with van der Waals surface area (Å²) in [5.74, 6) is -1.77. The number of hydrogen-bond donors (Lipinski definition) is 2. The zero-order valence-corrected chi connectivity index (χ0v) is 15.2. The van der Waals surface area contributed by atoms with Crippen molar-refractivity contribution in [1.29, 1.82) is 0 Å². The molecule has 146 valence electrons. The fourth-order valence-electron chi connectivity index (χ4n) is 2.66. The van der Waals surface area contributed by atoms with Crippen molar-refractivity contribution in [2.75, 3.05) is 13.2 Å². The summed E-state index contributed by atoms with van der Waals surface area (Å²) in [6.07, 6.45) is 0.605. The summed E-state index contributed by atoms with van der Waals surface area (Å²) in [5.41, 5.74) is -0.180. The van der Waals surface area contributed by atoms with Gasteiger partial charge in [-0.15, -0.1) is 0 Å². The van der Waals surface area contributed by atoms with Crippen molar-refractivity contribution >= 4 is 17.7 Å². The second-order valence-electron chi connectivity index (χ2n) is 5.76. The lowest BCUT2D eigenvalue weighted by Crippen LogP contribution is -2.45. The third-order valence-electron chi connectivity index (χ3n) is 3.81. The highest BCUT2D eigenvalue weighted by Crippen LogP contribution is 2.39. The van der Waals surface area contributed by atoms with Crippen molar-refractivity contribution in [2.24, 2.45) is 0 Å². The molecular formula is C17H20N3O7-. The maximum atomic E-state index is 12.5. The van der Waals surface area contributed by atoms with Crippen molar-refractivity contribution in [1.82, 2.24) is 10.6 Å². The van der Waals surface area contributed by atoms with Gasteiger partial charge in [0.2, 0.25) is 0 Å². The number of esters is 1. The number of nitro groups is 1. The van der Waals surface area contributed by atoms with Crippen molar-refractivity contribution in [3.63, 3.8) is 0 Å². The molecule has 1 aliphatic heterocycles. The second-order valence-corrected chi connectivity index (χ2v) is 5.76. The van der Waals surface area contributed by atoms with Gasteiger partial charge >= 0.3 is 12.0 Å². The molecule has 10 heteroatoms. The topological polar surface area (TPSA) is 143 Å². The van der Waals surface area contributed by atoms with E-state index >= 15 is 0 Å². The van der Waals surface area contributed by atoms with Gasteiger partial charge in [-0.2, -0.15) is 0 Å². The van der Waals surface area contributed by atoms with Crippen LogP contribution in [0.15, 0.2) is 23.4 Å². The Morgan fingerprint density at radius 2 is 2.04 bits per heavy atom. The van der Waals surface area contributed by atoms with Gasteiger partial charge in [0.15, 0.2) is 0 Å². The zero-order valence-electron chi connectivity index (χ0n) is 15.2. The quantitative estimate of drug-likeness (QED) is 0.417. The first-order chi connectivity index (χ1) is 12.8. The van der Waals surface area contributed by atoms with E-state index < -0.39 is 34.4 Å². The zero-order chi connectivity index (χ0) is 20.1. The van der Waals surface area contributed by atoms with Crippen LogP contribution < -0.4 is 20.5 Å². The Bertz CT molecular complexity index is 804. The minimum atomic E-state index is -1.03. The fourth-order valence-corrected chi connectivity index (χ4v) is 2.66. The maximum Gasteiger partial charge on any atom is 0.338 e. The molecule has 1 atom stereocenters. The minimum absolute atomic E-state index is 0.0958. The standard InChI is InChI=1S/C17H21N3O7/c1-4-6-27-16(22)13-9(3)18-17(23)19-14(13)10-7-11(20(24)25)15(21)12(8-10)26-5-2/h7-8,14,21H,4-6H2,1-3H3,(H2,18,19,23)/p-1/t14-/m0/s1. The smallest absolute Gasteiger partial charge is 0.338 e. The first-order valence-corrected chi connectivity index (χ1v) is 8.37. The molecule has 0 saturated heterocycles. The highest BCUT2D eigenvalue weighted by Gasteiger charge is 2.33. The van der Waals surface area contributed by atoms with Gasteiger partial charge in [-0.25, -0.2) is 9.59 Å². The predicted molar refractivity (Wildman–Crippen MR) is 92.1 cm³/mol. The van der Waals surface area contributed by atoms with E-state index in [0.29, 0.717) is 6.42 Å². The van der Waals surface area contributed by atoms with E-state index in [-0.39, 0.29) is 35.8 Å². The number of allylic oxidation sites excluding steroid dienone is 1. The number of carbonyl (C=O) groups excluding carboxylic acids is 2. The number of nitrogens with zero attached hydrogens (tertiary/aromatic N) is 1. The molecule has 1 aromatic rings. The van der Waals surface area contributed by atoms with Crippen molar-refractivity contribution in [2.45, 2.75) is 33.2 Å². The number of urea groups is 1. The van der Waals surface area contributed by atoms with Crippen LogP contribution in [0.25, 0.3) is 0 Å². The summed E-state index contributed by atoms with van der Waals surface area (Å²) in [5, 5.41) is 28.4. The number of rotatable bonds is 7. The Morgan fingerprint density at radius 1 is 1.33 bits per heavy atom. The molecule has 0 spiro atoms. The first-order valence-electron chi connectivity index (χ1n) is 8.37. The number of benzene rings is 1. The number of ether oxygens (including phenoxy) is 2. The Kier molecular flexibility index (Phi) is 6.22. The molecule has 0 aliphatic carbocycles. The number of hydrogen-bond acceptors (Lipinski definition) is 7. The molecule has 1 aliphatic rings. The molecule has 27 heavy (non-hydrogen) atoms. The Labute approximate surface area is 155 Å². The minimum Gasteiger partial charge on any atom is -0.865 e. The predicted octanol–water partition coefficient (Wildman–Crippen LogP) is 1.65. The SMILES string of the molecule is CCCOC(=O)C1=C(C)NC(=O)N[C@H]1c1cc(OCC)c([O-])c([N+](=O)[O-])c1. The molecule has 0 saturated carbocycles. The van der Waals surface area contributed by atoms with Crippen LogP contribution in [0.3, 0.4) is 0 Å². The third kappa shape index (κ3) is 4.27.